The van der Waals surface area contributed by atoms with E-state index in [-0.39, 0.29) is 24.2 Å². The molecular formula is C13H18N2O4. The highest BCUT2D eigenvalue weighted by Crippen LogP contribution is 2.15. The molecule has 104 valence electrons. The molecule has 0 spiro atoms. The molecule has 6 heteroatoms. The average Bonchev–Trinajstić information content (AvgIpc) is 2.45. The smallest absolute Gasteiger partial charge is 0.270 e. The van der Waals surface area contributed by atoms with Gasteiger partial charge in [0.25, 0.3) is 5.91 Å². The molecule has 1 aliphatic rings. The van der Waals surface area contributed by atoms with Crippen molar-refractivity contribution in [1.29, 1.82) is 0 Å². The van der Waals surface area contributed by atoms with E-state index in [9.17, 15) is 9.59 Å². The maximum Gasteiger partial charge on any atom is 0.270 e. The minimum absolute atomic E-state index is 0.0183. The van der Waals surface area contributed by atoms with Gasteiger partial charge in [0.15, 0.2) is 0 Å². The number of aliphatic hydroxyl groups is 1. The van der Waals surface area contributed by atoms with Gasteiger partial charge in [-0.25, -0.2) is 0 Å². The normalized spacial score (nSPS) is 16.6. The highest BCUT2D eigenvalue weighted by Gasteiger charge is 2.24. The van der Waals surface area contributed by atoms with Crippen LogP contribution >= 0.6 is 0 Å². The summed E-state index contributed by atoms with van der Waals surface area (Å²) in [5.41, 5.74) is 0.0502. The van der Waals surface area contributed by atoms with E-state index in [4.69, 9.17) is 9.84 Å². The maximum absolute atomic E-state index is 12.1. The number of aromatic amines is 1. The molecule has 19 heavy (non-hydrogen) atoms. The van der Waals surface area contributed by atoms with Crippen molar-refractivity contribution in [2.75, 3.05) is 26.3 Å². The molecule has 1 aliphatic heterocycles. The van der Waals surface area contributed by atoms with Crippen LogP contribution in [0.15, 0.2) is 23.0 Å². The number of piperidine rings is 1. The monoisotopic (exact) mass is 266 g/mol. The first-order valence-corrected chi connectivity index (χ1v) is 6.42. The van der Waals surface area contributed by atoms with Crippen LogP contribution in [0.2, 0.25) is 0 Å². The number of ether oxygens (including phenoxy) is 1. The molecule has 1 fully saturated rings. The fourth-order valence-corrected chi connectivity index (χ4v) is 2.19. The Bertz CT molecular complexity index is 478. The molecule has 2 N–H and O–H groups in total. The number of hydrogen-bond acceptors (Lipinski definition) is 4. The number of nitrogens with zero attached hydrogens (tertiary/aromatic N) is 1. The fraction of sp³-hybridized carbons (Fsp3) is 0.538. The van der Waals surface area contributed by atoms with Crippen LogP contribution in [0, 0.1) is 0 Å². The average molecular weight is 266 g/mol. The molecule has 1 aromatic rings. The number of carbonyl (C=O) groups is 1. The Kier molecular flexibility index (Phi) is 4.70. The molecule has 0 aromatic carbocycles. The van der Waals surface area contributed by atoms with E-state index in [0.717, 1.165) is 12.8 Å². The van der Waals surface area contributed by atoms with Gasteiger partial charge in [0, 0.05) is 19.2 Å². The van der Waals surface area contributed by atoms with E-state index in [1.54, 1.807) is 17.0 Å². The van der Waals surface area contributed by atoms with E-state index in [1.165, 1.54) is 6.07 Å². The van der Waals surface area contributed by atoms with Gasteiger partial charge in [-0.1, -0.05) is 6.07 Å². The second-order valence-electron chi connectivity index (χ2n) is 4.51. The van der Waals surface area contributed by atoms with Crippen LogP contribution in [0.25, 0.3) is 0 Å². The zero-order valence-electron chi connectivity index (χ0n) is 10.7. The predicted octanol–water partition coefficient (Wildman–Crippen LogP) is -0.0116. The molecule has 2 heterocycles. The lowest BCUT2D eigenvalue weighted by Gasteiger charge is -2.31. The Hall–Kier alpha value is -1.66. The number of hydrogen-bond donors (Lipinski definition) is 2. The van der Waals surface area contributed by atoms with Crippen LogP contribution in [-0.2, 0) is 4.74 Å². The Morgan fingerprint density at radius 3 is 2.79 bits per heavy atom. The van der Waals surface area contributed by atoms with Crippen molar-refractivity contribution in [3.63, 3.8) is 0 Å². The van der Waals surface area contributed by atoms with Gasteiger partial charge in [0.05, 0.1) is 19.3 Å². The molecule has 6 nitrogen and oxygen atoms in total. The number of pyridine rings is 1. The Morgan fingerprint density at radius 1 is 1.42 bits per heavy atom. The second kappa shape index (κ2) is 6.49. The number of likely N-dealkylation sites (tertiary alicyclic amines) is 1. The first-order chi connectivity index (χ1) is 9.20. The molecule has 0 saturated carbocycles. The van der Waals surface area contributed by atoms with Crippen LogP contribution in [0.3, 0.4) is 0 Å². The number of aromatic nitrogens is 1. The summed E-state index contributed by atoms with van der Waals surface area (Å²) in [7, 11) is 0. The van der Waals surface area contributed by atoms with E-state index in [2.05, 4.69) is 4.98 Å². The van der Waals surface area contributed by atoms with Crippen molar-refractivity contribution in [2.45, 2.75) is 18.9 Å². The zero-order chi connectivity index (χ0) is 13.7. The standard InChI is InChI=1S/C13H18N2O4/c16-8-9-19-10-4-6-15(7-5-10)13(18)11-2-1-3-12(17)14-11/h1-3,10,16H,4-9H2,(H,14,17). The van der Waals surface area contributed by atoms with Gasteiger partial charge in [0.1, 0.15) is 5.69 Å². The summed E-state index contributed by atoms with van der Waals surface area (Å²) in [6.07, 6.45) is 1.61. The van der Waals surface area contributed by atoms with Gasteiger partial charge in [-0.2, -0.15) is 0 Å². The quantitative estimate of drug-likeness (QED) is 0.803. The van der Waals surface area contributed by atoms with Crippen molar-refractivity contribution in [3.05, 3.63) is 34.2 Å². The van der Waals surface area contributed by atoms with E-state index < -0.39 is 0 Å². The summed E-state index contributed by atoms with van der Waals surface area (Å²) in [6, 6.07) is 4.56. The highest BCUT2D eigenvalue weighted by atomic mass is 16.5. The number of aliphatic hydroxyl groups excluding tert-OH is 1. The zero-order valence-corrected chi connectivity index (χ0v) is 10.7. The third-order valence-electron chi connectivity index (χ3n) is 3.17. The Morgan fingerprint density at radius 2 is 2.16 bits per heavy atom. The number of carbonyl (C=O) groups excluding carboxylic acids is 1. The number of rotatable bonds is 4. The van der Waals surface area contributed by atoms with Crippen LogP contribution in [-0.4, -0.2) is 53.3 Å². The molecular weight excluding hydrogens is 248 g/mol. The second-order valence-corrected chi connectivity index (χ2v) is 4.51. The maximum atomic E-state index is 12.1. The summed E-state index contributed by atoms with van der Waals surface area (Å²) in [5.74, 6) is -0.154. The molecule has 1 saturated heterocycles. The topological polar surface area (TPSA) is 82.6 Å². The number of nitrogens with one attached hydrogen (secondary N) is 1. The van der Waals surface area contributed by atoms with Gasteiger partial charge in [-0.15, -0.1) is 0 Å². The first kappa shape index (κ1) is 13.8. The highest BCUT2D eigenvalue weighted by molar-refractivity contribution is 5.92. The van der Waals surface area contributed by atoms with E-state index >= 15 is 0 Å². The third-order valence-corrected chi connectivity index (χ3v) is 3.17. The van der Waals surface area contributed by atoms with Crippen LogP contribution in [0.1, 0.15) is 23.3 Å². The summed E-state index contributed by atoms with van der Waals surface area (Å²) in [5, 5.41) is 8.69. The van der Waals surface area contributed by atoms with Crippen molar-refractivity contribution < 1.29 is 14.6 Å². The molecule has 1 aromatic heterocycles. The van der Waals surface area contributed by atoms with Gasteiger partial charge >= 0.3 is 0 Å². The third kappa shape index (κ3) is 3.65. The minimum atomic E-state index is -0.271. The van der Waals surface area contributed by atoms with Crippen LogP contribution in [0.4, 0.5) is 0 Å². The molecule has 2 rings (SSSR count). The van der Waals surface area contributed by atoms with Gasteiger partial charge in [-0.3, -0.25) is 9.59 Å². The number of amides is 1. The summed E-state index contributed by atoms with van der Waals surface area (Å²) in [4.78, 5) is 27.6. The fourth-order valence-electron chi connectivity index (χ4n) is 2.19. The number of H-pyrrole nitrogens is 1. The molecule has 0 aliphatic carbocycles. The van der Waals surface area contributed by atoms with Crippen molar-refractivity contribution in [2.24, 2.45) is 0 Å². The lowest BCUT2D eigenvalue weighted by Crippen LogP contribution is -2.41. The van der Waals surface area contributed by atoms with Crippen molar-refractivity contribution in [1.82, 2.24) is 9.88 Å². The van der Waals surface area contributed by atoms with Gasteiger partial charge < -0.3 is 19.7 Å². The summed E-state index contributed by atoms with van der Waals surface area (Å²) in [6.45, 7) is 1.56. The van der Waals surface area contributed by atoms with Gasteiger partial charge in [0.2, 0.25) is 5.56 Å². The largest absolute Gasteiger partial charge is 0.394 e. The molecule has 0 unspecified atom stereocenters. The van der Waals surface area contributed by atoms with Crippen molar-refractivity contribution in [3.8, 4) is 0 Å². The van der Waals surface area contributed by atoms with E-state index in [1.807, 2.05) is 0 Å². The Balaban J connectivity index is 1.91. The summed E-state index contributed by atoms with van der Waals surface area (Å²) >= 11 is 0. The Labute approximate surface area is 111 Å². The molecule has 0 radical (unpaired) electrons. The lowest BCUT2D eigenvalue weighted by atomic mass is 10.1. The lowest BCUT2D eigenvalue weighted by molar-refractivity contribution is -0.00565. The van der Waals surface area contributed by atoms with Crippen LogP contribution in [0.5, 0.6) is 0 Å². The SMILES string of the molecule is O=C(c1cccc(=O)[nH]1)N1CCC(OCCO)CC1. The van der Waals surface area contributed by atoms with Crippen molar-refractivity contribution >= 4 is 5.91 Å². The summed E-state index contributed by atoms with van der Waals surface area (Å²) < 4.78 is 5.44. The van der Waals surface area contributed by atoms with E-state index in [0.29, 0.717) is 25.4 Å². The molecule has 0 atom stereocenters. The van der Waals surface area contributed by atoms with Gasteiger partial charge in [-0.05, 0) is 18.9 Å². The minimum Gasteiger partial charge on any atom is -0.394 e. The molecule has 0 bridgehead atoms. The molecule has 1 amide bonds. The van der Waals surface area contributed by atoms with Crippen LogP contribution < -0.4 is 5.56 Å². The first-order valence-electron chi connectivity index (χ1n) is 6.42. The predicted molar refractivity (Wildman–Crippen MR) is 69.0 cm³/mol.